The molecular weight excluding hydrogens is 244 g/mol. The predicted octanol–water partition coefficient (Wildman–Crippen LogP) is 1.33. The molecule has 0 aliphatic rings. The number of nitrogens with two attached hydrogens (primary N) is 1. The number of rotatable bonds is 4. The van der Waals surface area contributed by atoms with E-state index in [2.05, 4.69) is 16.9 Å². The molecule has 0 amide bonds. The van der Waals surface area contributed by atoms with Crippen LogP contribution in [0.3, 0.4) is 0 Å². The van der Waals surface area contributed by atoms with E-state index in [-0.39, 0.29) is 10.7 Å². The Balaban J connectivity index is 2.92. The highest BCUT2D eigenvalue weighted by Gasteiger charge is 2.12. The maximum absolute atomic E-state index is 11.6. The van der Waals surface area contributed by atoms with Gasteiger partial charge in [-0.3, -0.25) is 4.72 Å². The Morgan fingerprint density at radius 1 is 1.31 bits per heavy atom. The summed E-state index contributed by atoms with van der Waals surface area (Å²) >= 11 is 4.57. The summed E-state index contributed by atoms with van der Waals surface area (Å²) in [4.78, 5) is -0.0446. The molecule has 0 aliphatic heterocycles. The molecule has 16 heavy (non-hydrogen) atoms. The molecule has 0 aromatic heterocycles. The van der Waals surface area contributed by atoms with Crippen LogP contribution in [0.5, 0.6) is 0 Å². The summed E-state index contributed by atoms with van der Waals surface area (Å²) in [5.74, 6) is -0.338. The van der Waals surface area contributed by atoms with Crippen molar-refractivity contribution in [2.75, 3.05) is 10.5 Å². The molecule has 0 spiro atoms. The van der Waals surface area contributed by atoms with Crippen molar-refractivity contribution in [3.05, 3.63) is 29.3 Å². The number of hydrogen-bond donors (Lipinski definition) is 2. The minimum Gasteiger partial charge on any atom is -0.392 e. The molecule has 0 bridgehead atoms. The molecule has 1 aromatic carbocycles. The first-order valence-electron chi connectivity index (χ1n) is 4.65. The lowest BCUT2D eigenvalue weighted by Crippen LogP contribution is -2.26. The second-order valence-electron chi connectivity index (χ2n) is 3.70. The Kier molecular flexibility index (Phi) is 3.88. The van der Waals surface area contributed by atoms with Crippen LogP contribution < -0.4 is 10.5 Å². The number of thiocarbonyl (C=S) groups is 1. The number of anilines is 1. The van der Waals surface area contributed by atoms with E-state index >= 15 is 0 Å². The second kappa shape index (κ2) is 4.80. The fourth-order valence-corrected chi connectivity index (χ4v) is 2.83. The van der Waals surface area contributed by atoms with Gasteiger partial charge in [-0.1, -0.05) is 18.3 Å². The molecule has 0 saturated carbocycles. The zero-order chi connectivity index (χ0) is 12.3. The Morgan fingerprint density at radius 3 is 2.25 bits per heavy atom. The van der Waals surface area contributed by atoms with Crippen LogP contribution in [0.2, 0.25) is 0 Å². The van der Waals surface area contributed by atoms with Crippen LogP contribution in [0.15, 0.2) is 18.2 Å². The summed E-state index contributed by atoms with van der Waals surface area (Å²) in [7, 11) is -3.48. The Morgan fingerprint density at radius 2 is 1.81 bits per heavy atom. The third-order valence-electron chi connectivity index (χ3n) is 1.83. The smallest absolute Gasteiger partial charge is 0.239 e. The molecule has 0 atom stereocenters. The summed E-state index contributed by atoms with van der Waals surface area (Å²) < 4.78 is 25.5. The topological polar surface area (TPSA) is 72.2 Å². The van der Waals surface area contributed by atoms with Crippen molar-refractivity contribution in [3.8, 4) is 0 Å². The van der Waals surface area contributed by atoms with Crippen LogP contribution in [0, 0.1) is 13.8 Å². The van der Waals surface area contributed by atoms with Gasteiger partial charge in [-0.05, 0) is 37.1 Å². The molecule has 6 heteroatoms. The number of benzene rings is 1. The number of hydrogen-bond acceptors (Lipinski definition) is 3. The van der Waals surface area contributed by atoms with E-state index in [0.29, 0.717) is 5.69 Å². The van der Waals surface area contributed by atoms with E-state index in [1.54, 1.807) is 12.1 Å². The molecular formula is C10H14N2O2S2. The molecule has 0 fully saturated rings. The van der Waals surface area contributed by atoms with Crippen LogP contribution in [-0.2, 0) is 10.0 Å². The largest absolute Gasteiger partial charge is 0.392 e. The van der Waals surface area contributed by atoms with Crippen LogP contribution in [0.1, 0.15) is 11.1 Å². The summed E-state index contributed by atoms with van der Waals surface area (Å²) in [5.41, 5.74) is 7.73. The van der Waals surface area contributed by atoms with Gasteiger partial charge < -0.3 is 5.73 Å². The van der Waals surface area contributed by atoms with Gasteiger partial charge in [0.1, 0.15) is 5.75 Å². The van der Waals surface area contributed by atoms with Crippen molar-refractivity contribution in [1.82, 2.24) is 0 Å². The monoisotopic (exact) mass is 258 g/mol. The molecule has 0 aliphatic carbocycles. The fraction of sp³-hybridized carbons (Fsp3) is 0.300. The summed E-state index contributed by atoms with van der Waals surface area (Å²) in [5, 5.41) is 0. The molecule has 1 rings (SSSR count). The lowest BCUT2D eigenvalue weighted by molar-refractivity contribution is 0.605. The van der Waals surface area contributed by atoms with Gasteiger partial charge in [0.2, 0.25) is 10.0 Å². The molecule has 0 heterocycles. The number of nitrogens with one attached hydrogen (secondary N) is 1. The zero-order valence-electron chi connectivity index (χ0n) is 9.15. The van der Waals surface area contributed by atoms with Gasteiger partial charge in [0.05, 0.1) is 4.99 Å². The van der Waals surface area contributed by atoms with E-state index in [9.17, 15) is 8.42 Å². The molecule has 0 saturated heterocycles. The van der Waals surface area contributed by atoms with Gasteiger partial charge in [-0.15, -0.1) is 0 Å². The average Bonchev–Trinajstić information content (AvgIpc) is 1.95. The molecule has 0 radical (unpaired) electrons. The summed E-state index contributed by atoms with van der Waals surface area (Å²) in [6.45, 7) is 3.80. The standard InChI is InChI=1S/C10H14N2O2S2/c1-7-3-8(2)5-9(4-7)12-16(13,14)6-10(11)15/h3-5,12H,6H2,1-2H3,(H2,11,15). The predicted molar refractivity (Wildman–Crippen MR) is 70.1 cm³/mol. The minimum absolute atomic E-state index is 0.0446. The fourth-order valence-electron chi connectivity index (χ4n) is 1.44. The summed E-state index contributed by atoms with van der Waals surface area (Å²) in [6.07, 6.45) is 0. The maximum atomic E-state index is 11.6. The maximum Gasteiger partial charge on any atom is 0.239 e. The Hall–Kier alpha value is -1.14. The van der Waals surface area contributed by atoms with Crippen molar-refractivity contribution in [2.45, 2.75) is 13.8 Å². The van der Waals surface area contributed by atoms with Gasteiger partial charge in [-0.25, -0.2) is 8.42 Å². The third-order valence-corrected chi connectivity index (χ3v) is 3.39. The van der Waals surface area contributed by atoms with Crippen LogP contribution in [-0.4, -0.2) is 19.2 Å². The highest BCUT2D eigenvalue weighted by molar-refractivity contribution is 7.95. The number of sulfonamides is 1. The highest BCUT2D eigenvalue weighted by Crippen LogP contribution is 2.15. The summed E-state index contributed by atoms with van der Waals surface area (Å²) in [6, 6.07) is 5.47. The molecule has 0 unspecified atom stereocenters. The van der Waals surface area contributed by atoms with Gasteiger partial charge in [0.25, 0.3) is 0 Å². The zero-order valence-corrected chi connectivity index (χ0v) is 10.8. The molecule has 88 valence electrons. The van der Waals surface area contributed by atoms with Gasteiger partial charge in [0, 0.05) is 5.69 Å². The SMILES string of the molecule is Cc1cc(C)cc(NS(=O)(=O)CC(N)=S)c1. The number of aryl methyl sites for hydroxylation is 2. The average molecular weight is 258 g/mol. The van der Waals surface area contributed by atoms with Crippen molar-refractivity contribution < 1.29 is 8.42 Å². The third kappa shape index (κ3) is 4.16. The molecule has 4 nitrogen and oxygen atoms in total. The van der Waals surface area contributed by atoms with Crippen molar-refractivity contribution >= 4 is 32.9 Å². The first-order valence-corrected chi connectivity index (χ1v) is 6.72. The van der Waals surface area contributed by atoms with Gasteiger partial charge >= 0.3 is 0 Å². The van der Waals surface area contributed by atoms with E-state index in [0.717, 1.165) is 11.1 Å². The van der Waals surface area contributed by atoms with Crippen LogP contribution in [0.25, 0.3) is 0 Å². The Labute approximate surface area is 101 Å². The van der Waals surface area contributed by atoms with Crippen LogP contribution >= 0.6 is 12.2 Å². The van der Waals surface area contributed by atoms with Crippen molar-refractivity contribution in [3.63, 3.8) is 0 Å². The lowest BCUT2D eigenvalue weighted by atomic mass is 10.1. The molecule has 3 N–H and O–H groups in total. The highest BCUT2D eigenvalue weighted by atomic mass is 32.2. The quantitative estimate of drug-likeness (QED) is 0.799. The van der Waals surface area contributed by atoms with Crippen molar-refractivity contribution in [1.29, 1.82) is 0 Å². The van der Waals surface area contributed by atoms with E-state index in [4.69, 9.17) is 5.73 Å². The van der Waals surface area contributed by atoms with E-state index in [1.165, 1.54) is 0 Å². The van der Waals surface area contributed by atoms with Gasteiger partial charge in [0.15, 0.2) is 0 Å². The van der Waals surface area contributed by atoms with Crippen molar-refractivity contribution in [2.24, 2.45) is 5.73 Å². The van der Waals surface area contributed by atoms with Crippen LogP contribution in [0.4, 0.5) is 5.69 Å². The van der Waals surface area contributed by atoms with Gasteiger partial charge in [-0.2, -0.15) is 0 Å². The van der Waals surface area contributed by atoms with E-state index in [1.807, 2.05) is 19.9 Å². The van der Waals surface area contributed by atoms with E-state index < -0.39 is 10.0 Å². The molecule has 1 aromatic rings. The first kappa shape index (κ1) is 12.9. The lowest BCUT2D eigenvalue weighted by Gasteiger charge is -2.08. The normalized spacial score (nSPS) is 11.1. The minimum atomic E-state index is -3.48. The Bertz CT molecular complexity index is 489. The second-order valence-corrected chi connectivity index (χ2v) is 5.95. The first-order chi connectivity index (χ1) is 7.28.